The SMILES string of the molecule is CNc1nc(-c2ccc(OC)c(NC(=O)COc3ccc(S(=O)(=O)NCC(C)C)cc3)c2)cs1. The number of nitrogens with one attached hydrogen (secondary N) is 3. The summed E-state index contributed by atoms with van der Waals surface area (Å²) >= 11 is 1.48. The van der Waals surface area contributed by atoms with E-state index in [9.17, 15) is 13.2 Å². The van der Waals surface area contributed by atoms with E-state index in [1.165, 1.54) is 42.7 Å². The van der Waals surface area contributed by atoms with E-state index in [4.69, 9.17) is 9.47 Å². The van der Waals surface area contributed by atoms with Crippen molar-refractivity contribution in [2.45, 2.75) is 18.7 Å². The molecule has 3 rings (SSSR count). The number of anilines is 2. The molecule has 34 heavy (non-hydrogen) atoms. The van der Waals surface area contributed by atoms with Crippen molar-refractivity contribution in [3.8, 4) is 22.8 Å². The molecule has 1 amide bonds. The number of carbonyl (C=O) groups excluding carboxylic acids is 1. The molecule has 0 radical (unpaired) electrons. The van der Waals surface area contributed by atoms with Crippen LogP contribution in [0.3, 0.4) is 0 Å². The summed E-state index contributed by atoms with van der Waals surface area (Å²) < 4.78 is 38.0. The van der Waals surface area contributed by atoms with Crippen molar-refractivity contribution in [3.05, 3.63) is 47.8 Å². The van der Waals surface area contributed by atoms with Gasteiger partial charge in [0.05, 0.1) is 23.4 Å². The summed E-state index contributed by atoms with van der Waals surface area (Å²) in [6.45, 7) is 3.94. The number of hydrogen-bond donors (Lipinski definition) is 3. The number of amides is 1. The molecule has 0 spiro atoms. The average molecular weight is 505 g/mol. The van der Waals surface area contributed by atoms with Crippen LogP contribution in [0.25, 0.3) is 11.3 Å². The third-order valence-electron chi connectivity index (χ3n) is 4.67. The number of nitrogens with zero attached hydrogens (tertiary/aromatic N) is 1. The first kappa shape index (κ1) is 25.5. The van der Waals surface area contributed by atoms with Crippen LogP contribution in [0, 0.1) is 5.92 Å². The number of methoxy groups -OCH3 is 1. The number of thiazole rings is 1. The normalized spacial score (nSPS) is 11.3. The molecule has 182 valence electrons. The number of sulfonamides is 1. The molecule has 0 aliphatic heterocycles. The lowest BCUT2D eigenvalue weighted by molar-refractivity contribution is -0.118. The van der Waals surface area contributed by atoms with Gasteiger partial charge in [0.1, 0.15) is 11.5 Å². The van der Waals surface area contributed by atoms with Crippen LogP contribution in [0.1, 0.15) is 13.8 Å². The van der Waals surface area contributed by atoms with Gasteiger partial charge < -0.3 is 20.1 Å². The van der Waals surface area contributed by atoms with Crippen LogP contribution in [0.5, 0.6) is 11.5 Å². The fourth-order valence-electron chi connectivity index (χ4n) is 2.90. The molecule has 1 aromatic heterocycles. The number of ether oxygens (including phenoxy) is 2. The quantitative estimate of drug-likeness (QED) is 0.363. The molecule has 3 aromatic rings. The monoisotopic (exact) mass is 504 g/mol. The van der Waals surface area contributed by atoms with Crippen LogP contribution in [0.15, 0.2) is 52.7 Å². The van der Waals surface area contributed by atoms with Gasteiger partial charge in [-0.05, 0) is 48.4 Å². The zero-order valence-corrected chi connectivity index (χ0v) is 21.0. The minimum atomic E-state index is -3.59. The Balaban J connectivity index is 1.63. The van der Waals surface area contributed by atoms with Crippen LogP contribution >= 0.6 is 11.3 Å². The number of carbonyl (C=O) groups is 1. The first-order chi connectivity index (χ1) is 16.2. The first-order valence-corrected chi connectivity index (χ1v) is 12.9. The molecule has 1 heterocycles. The molecule has 0 bridgehead atoms. The molecular formula is C23H28N4O5S2. The lowest BCUT2D eigenvalue weighted by Gasteiger charge is -2.13. The van der Waals surface area contributed by atoms with Crippen molar-refractivity contribution in [2.24, 2.45) is 5.92 Å². The van der Waals surface area contributed by atoms with Crippen LogP contribution < -0.4 is 24.8 Å². The van der Waals surface area contributed by atoms with E-state index in [1.54, 1.807) is 19.2 Å². The van der Waals surface area contributed by atoms with Gasteiger partial charge in [0.15, 0.2) is 11.7 Å². The molecule has 0 aliphatic carbocycles. The van der Waals surface area contributed by atoms with Gasteiger partial charge in [-0.2, -0.15) is 0 Å². The maximum atomic E-state index is 12.5. The van der Waals surface area contributed by atoms with Gasteiger partial charge in [0, 0.05) is 24.5 Å². The summed E-state index contributed by atoms with van der Waals surface area (Å²) in [6, 6.07) is 11.3. The van der Waals surface area contributed by atoms with Gasteiger partial charge in [-0.3, -0.25) is 4.79 Å². The maximum absolute atomic E-state index is 12.5. The predicted molar refractivity (Wildman–Crippen MR) is 134 cm³/mol. The molecule has 0 saturated carbocycles. The molecule has 0 saturated heterocycles. The van der Waals surface area contributed by atoms with Crippen LogP contribution in [-0.2, 0) is 14.8 Å². The summed E-state index contributed by atoms with van der Waals surface area (Å²) in [5.74, 6) is 0.688. The minimum Gasteiger partial charge on any atom is -0.495 e. The Morgan fingerprint density at radius 2 is 1.88 bits per heavy atom. The summed E-state index contributed by atoms with van der Waals surface area (Å²) in [5.41, 5.74) is 2.10. The Kier molecular flexibility index (Phi) is 8.48. The van der Waals surface area contributed by atoms with Gasteiger partial charge in [0.25, 0.3) is 5.91 Å². The molecule has 3 N–H and O–H groups in total. The van der Waals surface area contributed by atoms with E-state index < -0.39 is 10.0 Å². The van der Waals surface area contributed by atoms with E-state index in [2.05, 4.69) is 20.3 Å². The molecule has 9 nitrogen and oxygen atoms in total. The largest absolute Gasteiger partial charge is 0.495 e. The smallest absolute Gasteiger partial charge is 0.262 e. The highest BCUT2D eigenvalue weighted by Gasteiger charge is 2.15. The second-order valence-electron chi connectivity index (χ2n) is 7.76. The molecule has 2 aromatic carbocycles. The van der Waals surface area contributed by atoms with Crippen molar-refractivity contribution >= 4 is 38.1 Å². The van der Waals surface area contributed by atoms with Crippen molar-refractivity contribution in [1.82, 2.24) is 9.71 Å². The Labute approximate surface area is 203 Å². The van der Waals surface area contributed by atoms with E-state index in [1.807, 2.05) is 25.3 Å². The highest BCUT2D eigenvalue weighted by Crippen LogP contribution is 2.32. The Hall–Kier alpha value is -3.15. The molecular weight excluding hydrogens is 476 g/mol. The fourth-order valence-corrected chi connectivity index (χ4v) is 4.79. The zero-order valence-electron chi connectivity index (χ0n) is 19.4. The average Bonchev–Trinajstić information content (AvgIpc) is 3.31. The third kappa shape index (κ3) is 6.69. The van der Waals surface area contributed by atoms with E-state index >= 15 is 0 Å². The number of benzene rings is 2. The Morgan fingerprint density at radius 3 is 2.50 bits per heavy atom. The summed E-state index contributed by atoms with van der Waals surface area (Å²) in [5, 5.41) is 8.50. The second-order valence-corrected chi connectivity index (χ2v) is 10.4. The van der Waals surface area contributed by atoms with Gasteiger partial charge >= 0.3 is 0 Å². The van der Waals surface area contributed by atoms with Gasteiger partial charge in [-0.1, -0.05) is 13.8 Å². The van der Waals surface area contributed by atoms with E-state index in [0.717, 1.165) is 16.4 Å². The Bertz CT molecular complexity index is 1220. The molecule has 0 unspecified atom stereocenters. The highest BCUT2D eigenvalue weighted by atomic mass is 32.2. The summed E-state index contributed by atoms with van der Waals surface area (Å²) in [6.07, 6.45) is 0. The number of hydrogen-bond acceptors (Lipinski definition) is 8. The highest BCUT2D eigenvalue weighted by molar-refractivity contribution is 7.89. The fraction of sp³-hybridized carbons (Fsp3) is 0.304. The van der Waals surface area contributed by atoms with Crippen molar-refractivity contribution in [3.63, 3.8) is 0 Å². The van der Waals surface area contributed by atoms with Gasteiger partial charge in [-0.25, -0.2) is 18.1 Å². The standard InChI is InChI=1S/C23H28N4O5S2/c1-15(2)12-25-34(29,30)18-8-6-17(7-9-18)32-13-22(28)26-19-11-16(5-10-21(19)31-4)20-14-33-23(24-3)27-20/h5-11,14-15,25H,12-13H2,1-4H3,(H,24,27)(H,26,28). The molecule has 0 fully saturated rings. The lowest BCUT2D eigenvalue weighted by Crippen LogP contribution is -2.27. The first-order valence-electron chi connectivity index (χ1n) is 10.6. The van der Waals surface area contributed by atoms with Gasteiger partial charge in [-0.15, -0.1) is 11.3 Å². The second kappa shape index (κ2) is 11.3. The molecule has 0 aliphatic rings. The maximum Gasteiger partial charge on any atom is 0.262 e. The van der Waals surface area contributed by atoms with Crippen LogP contribution in [0.4, 0.5) is 10.8 Å². The van der Waals surface area contributed by atoms with Crippen molar-refractivity contribution in [2.75, 3.05) is 37.9 Å². The molecule has 0 atom stereocenters. The third-order valence-corrected chi connectivity index (χ3v) is 6.97. The van der Waals surface area contributed by atoms with E-state index in [-0.39, 0.29) is 23.3 Å². The van der Waals surface area contributed by atoms with Crippen molar-refractivity contribution < 1.29 is 22.7 Å². The summed E-state index contributed by atoms with van der Waals surface area (Å²) in [7, 11) is -0.259. The number of rotatable bonds is 11. The lowest BCUT2D eigenvalue weighted by atomic mass is 10.1. The minimum absolute atomic E-state index is 0.134. The van der Waals surface area contributed by atoms with Crippen molar-refractivity contribution in [1.29, 1.82) is 0 Å². The van der Waals surface area contributed by atoms with E-state index in [0.29, 0.717) is 23.7 Å². The molecule has 11 heteroatoms. The summed E-state index contributed by atoms with van der Waals surface area (Å²) in [4.78, 5) is 17.1. The number of aromatic nitrogens is 1. The van der Waals surface area contributed by atoms with Crippen LogP contribution in [-0.4, -0.2) is 46.6 Å². The topological polar surface area (TPSA) is 119 Å². The zero-order chi connectivity index (χ0) is 24.7. The Morgan fingerprint density at radius 1 is 1.15 bits per heavy atom. The van der Waals surface area contributed by atoms with Gasteiger partial charge in [0.2, 0.25) is 10.0 Å². The van der Waals surface area contributed by atoms with Crippen LogP contribution in [0.2, 0.25) is 0 Å². The predicted octanol–water partition coefficient (Wildman–Crippen LogP) is 3.81.